The van der Waals surface area contributed by atoms with Gasteiger partial charge in [0.2, 0.25) is 5.95 Å². The summed E-state index contributed by atoms with van der Waals surface area (Å²) in [6, 6.07) is 3.97. The molecule has 17 heavy (non-hydrogen) atoms. The molecule has 1 fully saturated rings. The summed E-state index contributed by atoms with van der Waals surface area (Å²) < 4.78 is 5.35. The van der Waals surface area contributed by atoms with Crippen molar-refractivity contribution in [1.29, 1.82) is 5.26 Å². The molecular formula is C12H16N4O. The molecule has 0 aromatic carbocycles. The van der Waals surface area contributed by atoms with E-state index in [9.17, 15) is 0 Å². The van der Waals surface area contributed by atoms with Crippen molar-refractivity contribution < 1.29 is 4.74 Å². The predicted octanol–water partition coefficient (Wildman–Crippen LogP) is 1.49. The second kappa shape index (κ2) is 5.11. The molecule has 2 atom stereocenters. The van der Waals surface area contributed by atoms with Crippen LogP contribution in [0.3, 0.4) is 0 Å². The van der Waals surface area contributed by atoms with Crippen LogP contribution < -0.4 is 5.32 Å². The van der Waals surface area contributed by atoms with Crippen LogP contribution in [0.5, 0.6) is 0 Å². The number of anilines is 1. The van der Waals surface area contributed by atoms with Gasteiger partial charge >= 0.3 is 0 Å². The van der Waals surface area contributed by atoms with E-state index in [1.54, 1.807) is 6.07 Å². The number of ether oxygens (including phenoxy) is 1. The Bertz CT molecular complexity index is 435. The number of rotatable bonds is 3. The molecule has 0 radical (unpaired) electrons. The van der Waals surface area contributed by atoms with Crippen LogP contribution in [-0.4, -0.2) is 29.2 Å². The number of hydrogen-bond acceptors (Lipinski definition) is 5. The van der Waals surface area contributed by atoms with E-state index in [0.717, 1.165) is 25.3 Å². The normalized spacial score (nSPS) is 20.9. The van der Waals surface area contributed by atoms with E-state index in [4.69, 9.17) is 10.00 Å². The summed E-state index contributed by atoms with van der Waals surface area (Å²) in [7, 11) is 0. The predicted molar refractivity (Wildman–Crippen MR) is 63.5 cm³/mol. The van der Waals surface area contributed by atoms with Crippen molar-refractivity contribution in [3.8, 4) is 6.07 Å². The minimum Gasteiger partial charge on any atom is -0.381 e. The standard InChI is InChI=1S/C12H16N4O/c1-8-5-11(6-13)16-12(14-8)15-9(2)10-3-4-17-7-10/h5,9-10H,3-4,7H2,1-2H3,(H,14,15,16). The summed E-state index contributed by atoms with van der Waals surface area (Å²) in [5.74, 6) is 1.02. The zero-order chi connectivity index (χ0) is 12.3. The van der Waals surface area contributed by atoms with E-state index in [1.807, 2.05) is 13.0 Å². The molecule has 1 aromatic rings. The van der Waals surface area contributed by atoms with Crippen LogP contribution in [0.25, 0.3) is 0 Å². The fourth-order valence-corrected chi connectivity index (χ4v) is 1.96. The molecule has 2 rings (SSSR count). The van der Waals surface area contributed by atoms with Gasteiger partial charge in [-0.1, -0.05) is 0 Å². The first kappa shape index (κ1) is 11.8. The second-order valence-corrected chi connectivity index (χ2v) is 4.39. The molecular weight excluding hydrogens is 216 g/mol. The third kappa shape index (κ3) is 2.92. The van der Waals surface area contributed by atoms with Crippen LogP contribution in [0.15, 0.2) is 6.07 Å². The van der Waals surface area contributed by atoms with Gasteiger partial charge in [-0.3, -0.25) is 0 Å². The lowest BCUT2D eigenvalue weighted by Crippen LogP contribution is -2.27. The zero-order valence-electron chi connectivity index (χ0n) is 10.1. The molecule has 0 spiro atoms. The molecule has 1 aromatic heterocycles. The zero-order valence-corrected chi connectivity index (χ0v) is 10.1. The van der Waals surface area contributed by atoms with E-state index in [-0.39, 0.29) is 6.04 Å². The Labute approximate surface area is 101 Å². The topological polar surface area (TPSA) is 70.8 Å². The number of nitrogens with one attached hydrogen (secondary N) is 1. The van der Waals surface area contributed by atoms with Gasteiger partial charge in [0.05, 0.1) is 6.61 Å². The van der Waals surface area contributed by atoms with Crippen molar-refractivity contribution in [2.24, 2.45) is 5.92 Å². The Balaban J connectivity index is 2.07. The fourth-order valence-electron chi connectivity index (χ4n) is 1.96. The van der Waals surface area contributed by atoms with Gasteiger partial charge in [-0.2, -0.15) is 5.26 Å². The van der Waals surface area contributed by atoms with Gasteiger partial charge in [0.15, 0.2) is 0 Å². The third-order valence-corrected chi connectivity index (χ3v) is 3.00. The molecule has 1 aliphatic rings. The maximum atomic E-state index is 8.84. The molecule has 1 N–H and O–H groups in total. The van der Waals surface area contributed by atoms with Crippen LogP contribution in [0, 0.1) is 24.2 Å². The summed E-state index contributed by atoms with van der Waals surface area (Å²) in [6.07, 6.45) is 1.06. The molecule has 1 saturated heterocycles. The first-order valence-corrected chi connectivity index (χ1v) is 5.79. The second-order valence-electron chi connectivity index (χ2n) is 4.39. The van der Waals surface area contributed by atoms with E-state index in [2.05, 4.69) is 22.2 Å². The van der Waals surface area contributed by atoms with Crippen LogP contribution in [-0.2, 0) is 4.74 Å². The number of nitriles is 1. The van der Waals surface area contributed by atoms with Crippen molar-refractivity contribution >= 4 is 5.95 Å². The molecule has 90 valence electrons. The average Bonchev–Trinajstić information content (AvgIpc) is 2.81. The highest BCUT2D eigenvalue weighted by Crippen LogP contribution is 2.19. The maximum absolute atomic E-state index is 8.84. The summed E-state index contributed by atoms with van der Waals surface area (Å²) in [5, 5.41) is 12.1. The highest BCUT2D eigenvalue weighted by Gasteiger charge is 2.22. The Hall–Kier alpha value is -1.67. The van der Waals surface area contributed by atoms with Crippen LogP contribution in [0.4, 0.5) is 5.95 Å². The summed E-state index contributed by atoms with van der Waals surface area (Å²) in [6.45, 7) is 5.56. The van der Waals surface area contributed by atoms with Gasteiger partial charge in [0.25, 0.3) is 0 Å². The van der Waals surface area contributed by atoms with E-state index < -0.39 is 0 Å². The molecule has 0 amide bonds. The quantitative estimate of drug-likeness (QED) is 0.855. The highest BCUT2D eigenvalue weighted by atomic mass is 16.5. The molecule has 2 heterocycles. The van der Waals surface area contributed by atoms with Crippen molar-refractivity contribution in [1.82, 2.24) is 9.97 Å². The van der Waals surface area contributed by atoms with Gasteiger partial charge < -0.3 is 10.1 Å². The van der Waals surface area contributed by atoms with Crippen LogP contribution in [0.2, 0.25) is 0 Å². The molecule has 0 saturated carbocycles. The summed E-state index contributed by atoms with van der Waals surface area (Å²) >= 11 is 0. The monoisotopic (exact) mass is 232 g/mol. The molecule has 1 aliphatic heterocycles. The van der Waals surface area contributed by atoms with Crippen molar-refractivity contribution in [3.05, 3.63) is 17.5 Å². The Morgan fingerprint density at radius 1 is 1.59 bits per heavy atom. The van der Waals surface area contributed by atoms with Crippen LogP contribution >= 0.6 is 0 Å². The first-order valence-electron chi connectivity index (χ1n) is 5.79. The summed E-state index contributed by atoms with van der Waals surface area (Å²) in [5.41, 5.74) is 1.20. The van der Waals surface area contributed by atoms with Gasteiger partial charge in [-0.15, -0.1) is 0 Å². The van der Waals surface area contributed by atoms with E-state index in [0.29, 0.717) is 17.6 Å². The van der Waals surface area contributed by atoms with Gasteiger partial charge in [0, 0.05) is 24.3 Å². The Morgan fingerprint density at radius 2 is 2.41 bits per heavy atom. The summed E-state index contributed by atoms with van der Waals surface area (Å²) in [4.78, 5) is 8.42. The van der Waals surface area contributed by atoms with Crippen molar-refractivity contribution in [3.63, 3.8) is 0 Å². The number of nitrogens with zero attached hydrogens (tertiary/aromatic N) is 3. The SMILES string of the molecule is Cc1cc(C#N)nc(NC(C)C2CCOC2)n1. The molecule has 2 unspecified atom stereocenters. The fraction of sp³-hybridized carbons (Fsp3) is 0.583. The molecule has 0 aliphatic carbocycles. The minimum absolute atomic E-state index is 0.255. The Kier molecular flexibility index (Phi) is 3.55. The lowest BCUT2D eigenvalue weighted by molar-refractivity contribution is 0.183. The van der Waals surface area contributed by atoms with Crippen LogP contribution in [0.1, 0.15) is 24.7 Å². The van der Waals surface area contributed by atoms with E-state index in [1.165, 1.54) is 0 Å². The first-order chi connectivity index (χ1) is 8.19. The van der Waals surface area contributed by atoms with Crippen molar-refractivity contribution in [2.75, 3.05) is 18.5 Å². The number of hydrogen-bond donors (Lipinski definition) is 1. The number of aryl methyl sites for hydroxylation is 1. The lowest BCUT2D eigenvalue weighted by Gasteiger charge is -2.19. The van der Waals surface area contributed by atoms with E-state index >= 15 is 0 Å². The smallest absolute Gasteiger partial charge is 0.224 e. The Morgan fingerprint density at radius 3 is 3.06 bits per heavy atom. The molecule has 5 heteroatoms. The minimum atomic E-state index is 0.255. The van der Waals surface area contributed by atoms with Gasteiger partial charge in [0.1, 0.15) is 11.8 Å². The molecule has 5 nitrogen and oxygen atoms in total. The van der Waals surface area contributed by atoms with Gasteiger partial charge in [-0.25, -0.2) is 9.97 Å². The van der Waals surface area contributed by atoms with Crippen molar-refractivity contribution in [2.45, 2.75) is 26.3 Å². The average molecular weight is 232 g/mol. The largest absolute Gasteiger partial charge is 0.381 e. The third-order valence-electron chi connectivity index (χ3n) is 3.00. The van der Waals surface area contributed by atoms with Gasteiger partial charge in [-0.05, 0) is 26.3 Å². The lowest BCUT2D eigenvalue weighted by atomic mass is 10.0. The number of aromatic nitrogens is 2. The molecule has 0 bridgehead atoms. The highest BCUT2D eigenvalue weighted by molar-refractivity contribution is 5.33. The maximum Gasteiger partial charge on any atom is 0.224 e.